The molecule has 1 aliphatic heterocycles. The molecule has 0 N–H and O–H groups in total. The van der Waals surface area contributed by atoms with Crippen LogP contribution in [0.15, 0.2) is 0 Å². The summed E-state index contributed by atoms with van der Waals surface area (Å²) in [7, 11) is 0. The van der Waals surface area contributed by atoms with Gasteiger partial charge in [-0.2, -0.15) is 15.0 Å². The molecule has 0 aromatic carbocycles. The maximum atomic E-state index is 6.11. The first kappa shape index (κ1) is 16.2. The minimum absolute atomic E-state index is 0.167. The Morgan fingerprint density at radius 1 is 1.24 bits per heavy atom. The van der Waals surface area contributed by atoms with Gasteiger partial charge in [0, 0.05) is 19.6 Å². The van der Waals surface area contributed by atoms with Gasteiger partial charge in [-0.1, -0.05) is 6.92 Å². The van der Waals surface area contributed by atoms with Crippen LogP contribution in [-0.2, 0) is 4.74 Å². The molecule has 1 aromatic heterocycles. The summed E-state index contributed by atoms with van der Waals surface area (Å²) in [4.78, 5) is 17.5. The largest absolute Gasteiger partial charge is 0.375 e. The average Bonchev–Trinajstić information content (AvgIpc) is 2.48. The normalized spacial score (nSPS) is 22.4. The fraction of sp³-hybridized carbons (Fsp3) is 0.786. The number of aromatic nitrogens is 3. The molecule has 1 saturated heterocycles. The third-order valence-electron chi connectivity index (χ3n) is 3.83. The van der Waals surface area contributed by atoms with Crippen LogP contribution in [-0.4, -0.2) is 53.3 Å². The Morgan fingerprint density at radius 2 is 1.95 bits per heavy atom. The molecular formula is C14H24ClN5O. The number of halogens is 1. The van der Waals surface area contributed by atoms with E-state index in [1.54, 1.807) is 0 Å². The molecule has 7 heteroatoms. The van der Waals surface area contributed by atoms with Crippen LogP contribution in [0.2, 0.25) is 5.28 Å². The van der Waals surface area contributed by atoms with E-state index in [-0.39, 0.29) is 17.4 Å². The average molecular weight is 314 g/mol. The highest BCUT2D eigenvalue weighted by Gasteiger charge is 2.28. The van der Waals surface area contributed by atoms with Gasteiger partial charge in [-0.3, -0.25) is 0 Å². The maximum Gasteiger partial charge on any atom is 0.231 e. The van der Waals surface area contributed by atoms with E-state index in [0.717, 1.165) is 26.1 Å². The van der Waals surface area contributed by atoms with Crippen molar-refractivity contribution in [2.75, 3.05) is 36.0 Å². The second-order valence-corrected chi connectivity index (χ2v) is 5.57. The van der Waals surface area contributed by atoms with Crippen LogP contribution in [0.25, 0.3) is 0 Å². The zero-order chi connectivity index (χ0) is 15.4. The summed E-state index contributed by atoms with van der Waals surface area (Å²) in [5.41, 5.74) is 0. The first-order chi connectivity index (χ1) is 10.1. The first-order valence-corrected chi connectivity index (χ1v) is 8.01. The summed E-state index contributed by atoms with van der Waals surface area (Å²) in [5.74, 6) is 1.29. The molecule has 2 rings (SSSR count). The number of hydrogen-bond acceptors (Lipinski definition) is 6. The Balaban J connectivity index is 2.33. The number of morpholine rings is 1. The predicted molar refractivity (Wildman–Crippen MR) is 85.2 cm³/mol. The zero-order valence-corrected chi connectivity index (χ0v) is 14.0. The van der Waals surface area contributed by atoms with Gasteiger partial charge in [-0.25, -0.2) is 0 Å². The van der Waals surface area contributed by atoms with Crippen molar-refractivity contribution in [3.8, 4) is 0 Å². The second-order valence-electron chi connectivity index (χ2n) is 5.24. The van der Waals surface area contributed by atoms with E-state index in [2.05, 4.69) is 52.4 Å². The van der Waals surface area contributed by atoms with Crippen molar-refractivity contribution in [3.05, 3.63) is 5.28 Å². The van der Waals surface area contributed by atoms with Crippen molar-refractivity contribution in [3.63, 3.8) is 0 Å². The van der Waals surface area contributed by atoms with Crippen LogP contribution in [0.4, 0.5) is 11.9 Å². The van der Waals surface area contributed by atoms with E-state index >= 15 is 0 Å². The van der Waals surface area contributed by atoms with Gasteiger partial charge in [0.25, 0.3) is 0 Å². The van der Waals surface area contributed by atoms with Crippen LogP contribution in [0.1, 0.15) is 34.1 Å². The fourth-order valence-electron chi connectivity index (χ4n) is 2.53. The molecule has 21 heavy (non-hydrogen) atoms. The molecule has 1 fully saturated rings. The van der Waals surface area contributed by atoms with Gasteiger partial charge >= 0.3 is 0 Å². The highest BCUT2D eigenvalue weighted by Crippen LogP contribution is 2.23. The maximum absolute atomic E-state index is 6.11. The number of ether oxygens (including phenoxy) is 1. The standard InChI is InChI=1S/C14H24ClN5O/c1-5-11-9-21-10(4)8-20(11)14-17-12(15)16-13(18-14)19(6-2)7-3/h10-11H,5-9H2,1-4H3. The van der Waals surface area contributed by atoms with Crippen LogP contribution in [0.3, 0.4) is 0 Å². The molecular weight excluding hydrogens is 290 g/mol. The van der Waals surface area contributed by atoms with Crippen LogP contribution in [0.5, 0.6) is 0 Å². The topological polar surface area (TPSA) is 54.4 Å². The lowest BCUT2D eigenvalue weighted by atomic mass is 10.1. The Bertz CT molecular complexity index is 469. The summed E-state index contributed by atoms with van der Waals surface area (Å²) in [5, 5.41) is 0.246. The van der Waals surface area contributed by atoms with Crippen LogP contribution < -0.4 is 9.80 Å². The minimum Gasteiger partial charge on any atom is -0.375 e. The molecule has 6 nitrogen and oxygen atoms in total. The molecule has 0 saturated carbocycles. The van der Waals surface area contributed by atoms with E-state index in [1.165, 1.54) is 0 Å². The van der Waals surface area contributed by atoms with Gasteiger partial charge < -0.3 is 14.5 Å². The van der Waals surface area contributed by atoms with E-state index in [0.29, 0.717) is 18.5 Å². The molecule has 0 aliphatic carbocycles. The van der Waals surface area contributed by atoms with Gasteiger partial charge in [0.1, 0.15) is 0 Å². The van der Waals surface area contributed by atoms with Crippen LogP contribution in [0, 0.1) is 0 Å². The third kappa shape index (κ3) is 3.74. The molecule has 0 radical (unpaired) electrons. The zero-order valence-electron chi connectivity index (χ0n) is 13.2. The van der Waals surface area contributed by atoms with Crippen molar-refractivity contribution >= 4 is 23.5 Å². The Hall–Kier alpha value is -1.14. The van der Waals surface area contributed by atoms with E-state index < -0.39 is 0 Å². The summed E-state index contributed by atoms with van der Waals surface area (Å²) < 4.78 is 5.73. The van der Waals surface area contributed by atoms with Crippen molar-refractivity contribution in [2.45, 2.75) is 46.3 Å². The van der Waals surface area contributed by atoms with Gasteiger partial charge in [0.2, 0.25) is 17.2 Å². The van der Waals surface area contributed by atoms with E-state index in [9.17, 15) is 0 Å². The molecule has 1 aromatic rings. The quantitative estimate of drug-likeness (QED) is 0.832. The van der Waals surface area contributed by atoms with Crippen LogP contribution >= 0.6 is 11.6 Å². The van der Waals surface area contributed by atoms with Gasteiger partial charge in [0.15, 0.2) is 0 Å². The summed E-state index contributed by atoms with van der Waals surface area (Å²) in [6, 6.07) is 0.282. The lowest BCUT2D eigenvalue weighted by Crippen LogP contribution is -2.49. The van der Waals surface area contributed by atoms with Gasteiger partial charge in [0.05, 0.1) is 18.8 Å². The second kappa shape index (κ2) is 7.22. The lowest BCUT2D eigenvalue weighted by Gasteiger charge is -2.38. The Morgan fingerprint density at radius 3 is 2.57 bits per heavy atom. The first-order valence-electron chi connectivity index (χ1n) is 7.63. The summed E-state index contributed by atoms with van der Waals surface area (Å²) in [6.45, 7) is 11.5. The van der Waals surface area contributed by atoms with Gasteiger partial charge in [-0.15, -0.1) is 0 Å². The lowest BCUT2D eigenvalue weighted by molar-refractivity contribution is 0.0292. The van der Waals surface area contributed by atoms with E-state index in [1.807, 2.05) is 0 Å². The smallest absolute Gasteiger partial charge is 0.231 e. The Kier molecular flexibility index (Phi) is 5.58. The highest BCUT2D eigenvalue weighted by molar-refractivity contribution is 6.28. The molecule has 2 atom stereocenters. The number of rotatable bonds is 5. The highest BCUT2D eigenvalue weighted by atomic mass is 35.5. The molecule has 0 spiro atoms. The van der Waals surface area contributed by atoms with Crippen molar-refractivity contribution in [2.24, 2.45) is 0 Å². The summed E-state index contributed by atoms with van der Waals surface area (Å²) >= 11 is 6.11. The molecule has 118 valence electrons. The van der Waals surface area contributed by atoms with Crippen molar-refractivity contribution in [1.29, 1.82) is 0 Å². The third-order valence-corrected chi connectivity index (χ3v) is 4.00. The van der Waals surface area contributed by atoms with E-state index in [4.69, 9.17) is 16.3 Å². The predicted octanol–water partition coefficient (Wildman–Crippen LogP) is 2.37. The molecule has 0 bridgehead atoms. The molecule has 0 amide bonds. The number of anilines is 2. The SMILES string of the molecule is CCC1COC(C)CN1c1nc(Cl)nc(N(CC)CC)n1. The minimum atomic E-state index is 0.167. The molecule has 2 unspecified atom stereocenters. The van der Waals surface area contributed by atoms with Crippen molar-refractivity contribution in [1.82, 2.24) is 15.0 Å². The monoisotopic (exact) mass is 313 g/mol. The fourth-order valence-corrected chi connectivity index (χ4v) is 2.68. The Labute approximate surface area is 131 Å². The van der Waals surface area contributed by atoms with Gasteiger partial charge in [-0.05, 0) is 38.8 Å². The number of hydrogen-bond donors (Lipinski definition) is 0. The number of nitrogens with zero attached hydrogens (tertiary/aromatic N) is 5. The van der Waals surface area contributed by atoms with Crippen molar-refractivity contribution < 1.29 is 4.74 Å². The molecule has 2 heterocycles. The molecule has 1 aliphatic rings. The summed E-state index contributed by atoms with van der Waals surface area (Å²) in [6.07, 6.45) is 1.15.